The van der Waals surface area contributed by atoms with Gasteiger partial charge in [-0.2, -0.15) is 13.2 Å². The van der Waals surface area contributed by atoms with Crippen molar-refractivity contribution in [3.05, 3.63) is 0 Å². The van der Waals surface area contributed by atoms with E-state index >= 15 is 0 Å². The molecule has 0 radical (unpaired) electrons. The lowest BCUT2D eigenvalue weighted by Crippen LogP contribution is -2.50. The number of alkyl halides is 3. The predicted octanol–water partition coefficient (Wildman–Crippen LogP) is 2.96. The zero-order valence-electron chi connectivity index (χ0n) is 8.46. The fraction of sp³-hybridized carbons (Fsp3) is 1.00. The predicted molar refractivity (Wildman–Crippen MR) is 47.6 cm³/mol. The molecule has 1 N–H and O–H groups in total. The van der Waals surface area contributed by atoms with Crippen LogP contribution in [0.4, 0.5) is 13.2 Å². The van der Waals surface area contributed by atoms with Crippen LogP contribution in [0.1, 0.15) is 33.1 Å². The van der Waals surface area contributed by atoms with Crippen molar-refractivity contribution in [2.24, 2.45) is 5.41 Å². The lowest BCUT2D eigenvalue weighted by atomic mass is 9.68. The van der Waals surface area contributed by atoms with Gasteiger partial charge in [0, 0.05) is 6.54 Å². The van der Waals surface area contributed by atoms with Crippen LogP contribution in [0.2, 0.25) is 0 Å². The molecule has 0 atom stereocenters. The van der Waals surface area contributed by atoms with E-state index in [0.717, 1.165) is 0 Å². The molecule has 0 aliphatic heterocycles. The third-order valence-electron chi connectivity index (χ3n) is 2.43. The van der Waals surface area contributed by atoms with E-state index in [-0.39, 0.29) is 19.4 Å². The van der Waals surface area contributed by atoms with Crippen LogP contribution < -0.4 is 5.32 Å². The Morgan fingerprint density at radius 3 is 1.77 bits per heavy atom. The van der Waals surface area contributed by atoms with Crippen LogP contribution in [-0.2, 0) is 0 Å². The first-order chi connectivity index (χ1) is 6.02. The van der Waals surface area contributed by atoms with Crippen LogP contribution >= 0.6 is 0 Å². The topological polar surface area (TPSA) is 12.0 Å². The van der Waals surface area contributed by atoms with Crippen molar-refractivity contribution in [1.82, 2.24) is 5.32 Å². The Morgan fingerprint density at radius 2 is 1.69 bits per heavy atom. The molecule has 1 nitrogen and oxygen atoms in total. The number of hydrogen-bond donors (Lipinski definition) is 1. The molecule has 0 amide bonds. The largest absolute Gasteiger partial charge is 0.395 e. The Hall–Kier alpha value is -0.250. The van der Waals surface area contributed by atoms with E-state index in [4.69, 9.17) is 0 Å². The van der Waals surface area contributed by atoms with Crippen molar-refractivity contribution >= 4 is 0 Å². The van der Waals surface area contributed by atoms with Gasteiger partial charge < -0.3 is 5.32 Å². The third kappa shape index (κ3) is 2.59. The molecule has 4 heteroatoms. The van der Waals surface area contributed by atoms with Crippen LogP contribution in [0.25, 0.3) is 0 Å². The lowest BCUT2D eigenvalue weighted by Gasteiger charge is -2.43. The van der Waals surface area contributed by atoms with Crippen molar-refractivity contribution in [3.63, 3.8) is 0 Å². The molecular formula is C9H18F3N. The Kier molecular flexibility index (Phi) is 4.75. The monoisotopic (exact) mass is 197 g/mol. The molecule has 1 aliphatic carbocycles. The van der Waals surface area contributed by atoms with Crippen LogP contribution in [0.15, 0.2) is 0 Å². The van der Waals surface area contributed by atoms with Gasteiger partial charge in [0.05, 0.1) is 5.41 Å². The summed E-state index contributed by atoms with van der Waals surface area (Å²) in [7, 11) is 1.56. The van der Waals surface area contributed by atoms with E-state index in [1.807, 2.05) is 13.8 Å². The Labute approximate surface area is 77.7 Å². The maximum Gasteiger partial charge on any atom is 0.395 e. The quantitative estimate of drug-likeness (QED) is 0.717. The first-order valence-electron chi connectivity index (χ1n) is 4.73. The molecule has 0 bridgehead atoms. The van der Waals surface area contributed by atoms with Crippen molar-refractivity contribution < 1.29 is 13.2 Å². The van der Waals surface area contributed by atoms with Gasteiger partial charge in [0.2, 0.25) is 0 Å². The molecule has 80 valence electrons. The highest BCUT2D eigenvalue weighted by Crippen LogP contribution is 2.52. The van der Waals surface area contributed by atoms with Gasteiger partial charge in [-0.25, -0.2) is 0 Å². The molecule has 0 spiro atoms. The summed E-state index contributed by atoms with van der Waals surface area (Å²) < 4.78 is 36.9. The second-order valence-corrected chi connectivity index (χ2v) is 3.16. The van der Waals surface area contributed by atoms with E-state index in [1.165, 1.54) is 0 Å². The van der Waals surface area contributed by atoms with E-state index in [0.29, 0.717) is 6.42 Å². The van der Waals surface area contributed by atoms with Crippen LogP contribution in [0, 0.1) is 5.41 Å². The zero-order valence-corrected chi connectivity index (χ0v) is 8.46. The second kappa shape index (κ2) is 4.84. The normalized spacial score (nSPS) is 19.8. The second-order valence-electron chi connectivity index (χ2n) is 3.16. The molecule has 1 fully saturated rings. The summed E-state index contributed by atoms with van der Waals surface area (Å²) in [5.41, 5.74) is -1.40. The van der Waals surface area contributed by atoms with Crippen molar-refractivity contribution in [3.8, 4) is 0 Å². The smallest absolute Gasteiger partial charge is 0.319 e. The summed E-state index contributed by atoms with van der Waals surface area (Å²) in [4.78, 5) is 0. The Balaban J connectivity index is 0.000000671. The minimum absolute atomic E-state index is 0.0660. The van der Waals surface area contributed by atoms with Crippen molar-refractivity contribution in [2.75, 3.05) is 13.6 Å². The summed E-state index contributed by atoms with van der Waals surface area (Å²) in [5.74, 6) is 0. The first-order valence-corrected chi connectivity index (χ1v) is 4.73. The summed E-state index contributed by atoms with van der Waals surface area (Å²) in [6, 6.07) is 0. The summed E-state index contributed by atoms with van der Waals surface area (Å²) in [6.45, 7) is 4.07. The SMILES string of the molecule is CC.CNCC1(C(F)(F)F)CCC1. The van der Waals surface area contributed by atoms with Gasteiger partial charge in [-0.1, -0.05) is 20.3 Å². The summed E-state index contributed by atoms with van der Waals surface area (Å²) >= 11 is 0. The first kappa shape index (κ1) is 12.8. The molecule has 0 aromatic rings. The summed E-state index contributed by atoms with van der Waals surface area (Å²) in [6.07, 6.45) is -2.73. The van der Waals surface area contributed by atoms with Gasteiger partial charge in [-0.3, -0.25) is 0 Å². The van der Waals surface area contributed by atoms with E-state index in [2.05, 4.69) is 5.32 Å². The van der Waals surface area contributed by atoms with Crippen molar-refractivity contribution in [2.45, 2.75) is 39.3 Å². The molecule has 0 aromatic heterocycles. The maximum absolute atomic E-state index is 12.3. The number of halogens is 3. The minimum Gasteiger partial charge on any atom is -0.319 e. The fourth-order valence-corrected chi connectivity index (χ4v) is 1.50. The zero-order chi connectivity index (χ0) is 10.5. The van der Waals surface area contributed by atoms with Gasteiger partial charge in [0.1, 0.15) is 0 Å². The van der Waals surface area contributed by atoms with Gasteiger partial charge >= 0.3 is 6.18 Å². The molecule has 1 saturated carbocycles. The van der Waals surface area contributed by atoms with E-state index < -0.39 is 11.6 Å². The fourth-order valence-electron chi connectivity index (χ4n) is 1.50. The number of hydrogen-bond acceptors (Lipinski definition) is 1. The van der Waals surface area contributed by atoms with Gasteiger partial charge in [-0.15, -0.1) is 0 Å². The highest BCUT2D eigenvalue weighted by Gasteiger charge is 2.57. The number of nitrogens with one attached hydrogen (secondary N) is 1. The van der Waals surface area contributed by atoms with Crippen molar-refractivity contribution in [1.29, 1.82) is 0 Å². The van der Waals surface area contributed by atoms with E-state index in [9.17, 15) is 13.2 Å². The standard InChI is InChI=1S/C7H12F3N.C2H6/c1-11-5-6(3-2-4-6)7(8,9)10;1-2/h11H,2-5H2,1H3;1-2H3. The van der Waals surface area contributed by atoms with Gasteiger partial charge in [0.15, 0.2) is 0 Å². The number of rotatable bonds is 2. The van der Waals surface area contributed by atoms with Gasteiger partial charge in [-0.05, 0) is 19.9 Å². The Morgan fingerprint density at radius 1 is 1.23 bits per heavy atom. The van der Waals surface area contributed by atoms with Crippen LogP contribution in [0.3, 0.4) is 0 Å². The molecule has 0 saturated heterocycles. The average molecular weight is 197 g/mol. The molecule has 1 aliphatic rings. The third-order valence-corrected chi connectivity index (χ3v) is 2.43. The molecule has 1 rings (SSSR count). The molecule has 0 heterocycles. The minimum atomic E-state index is -4.02. The lowest BCUT2D eigenvalue weighted by molar-refractivity contribution is -0.248. The highest BCUT2D eigenvalue weighted by molar-refractivity contribution is 4.95. The molecule has 0 unspecified atom stereocenters. The highest BCUT2D eigenvalue weighted by atomic mass is 19.4. The van der Waals surface area contributed by atoms with Crippen LogP contribution in [-0.4, -0.2) is 19.8 Å². The molecular weight excluding hydrogens is 179 g/mol. The van der Waals surface area contributed by atoms with Crippen LogP contribution in [0.5, 0.6) is 0 Å². The molecule has 0 aromatic carbocycles. The molecule has 13 heavy (non-hydrogen) atoms. The Bertz CT molecular complexity index is 138. The van der Waals surface area contributed by atoms with Gasteiger partial charge in [0.25, 0.3) is 0 Å². The maximum atomic E-state index is 12.3. The summed E-state index contributed by atoms with van der Waals surface area (Å²) in [5, 5.41) is 2.60. The average Bonchev–Trinajstić information content (AvgIpc) is 1.98. The van der Waals surface area contributed by atoms with E-state index in [1.54, 1.807) is 7.05 Å².